The molecular formula is C31H26FN3O4S. The highest BCUT2D eigenvalue weighted by Crippen LogP contribution is 2.23. The molecule has 4 aromatic rings. The minimum Gasteiger partial charge on any atom is -0.496 e. The van der Waals surface area contributed by atoms with Crippen LogP contribution in [0.1, 0.15) is 15.9 Å². The summed E-state index contributed by atoms with van der Waals surface area (Å²) in [5.74, 6) is -0.848. The molecule has 0 heterocycles. The fourth-order valence-electron chi connectivity index (χ4n) is 3.60. The van der Waals surface area contributed by atoms with E-state index in [9.17, 15) is 18.8 Å². The normalized spacial score (nSPS) is 10.9. The smallest absolute Gasteiger partial charge is 0.272 e. The molecular weight excluding hydrogens is 529 g/mol. The summed E-state index contributed by atoms with van der Waals surface area (Å²) < 4.78 is 18.4. The maximum Gasteiger partial charge on any atom is 0.272 e. The van der Waals surface area contributed by atoms with E-state index in [0.29, 0.717) is 28.3 Å². The van der Waals surface area contributed by atoms with E-state index in [0.717, 1.165) is 4.90 Å². The number of ether oxygens (including phenoxy) is 1. The Morgan fingerprint density at radius 3 is 2.12 bits per heavy atom. The van der Waals surface area contributed by atoms with Crippen LogP contribution in [0.5, 0.6) is 5.75 Å². The minimum atomic E-state index is -0.519. The van der Waals surface area contributed by atoms with E-state index in [1.54, 1.807) is 78.9 Å². The number of hydrogen-bond acceptors (Lipinski definition) is 5. The van der Waals surface area contributed by atoms with Crippen molar-refractivity contribution in [2.24, 2.45) is 0 Å². The van der Waals surface area contributed by atoms with Crippen molar-refractivity contribution in [3.05, 3.63) is 126 Å². The first-order valence-corrected chi connectivity index (χ1v) is 13.2. The molecule has 0 aromatic heterocycles. The molecule has 0 unspecified atom stereocenters. The number of anilines is 2. The number of para-hydroxylation sites is 1. The first-order valence-electron chi connectivity index (χ1n) is 12.2. The number of methoxy groups -OCH3 is 1. The maximum absolute atomic E-state index is 13.3. The van der Waals surface area contributed by atoms with Gasteiger partial charge in [0.15, 0.2) is 0 Å². The van der Waals surface area contributed by atoms with E-state index in [1.165, 1.54) is 43.1 Å². The highest BCUT2D eigenvalue weighted by molar-refractivity contribution is 8.00. The van der Waals surface area contributed by atoms with E-state index in [4.69, 9.17) is 4.74 Å². The van der Waals surface area contributed by atoms with Crippen molar-refractivity contribution in [1.29, 1.82) is 0 Å². The molecule has 4 rings (SSSR count). The van der Waals surface area contributed by atoms with Gasteiger partial charge in [0.1, 0.15) is 17.3 Å². The first-order chi connectivity index (χ1) is 19.4. The largest absolute Gasteiger partial charge is 0.496 e. The molecule has 40 heavy (non-hydrogen) atoms. The topological polar surface area (TPSA) is 96.5 Å². The highest BCUT2D eigenvalue weighted by Gasteiger charge is 2.16. The van der Waals surface area contributed by atoms with E-state index >= 15 is 0 Å². The Labute approximate surface area is 235 Å². The van der Waals surface area contributed by atoms with Gasteiger partial charge < -0.3 is 20.7 Å². The van der Waals surface area contributed by atoms with Gasteiger partial charge in [-0.3, -0.25) is 14.4 Å². The third-order valence-corrected chi connectivity index (χ3v) is 6.59. The van der Waals surface area contributed by atoms with Crippen LogP contribution in [0.2, 0.25) is 0 Å². The van der Waals surface area contributed by atoms with E-state index < -0.39 is 11.8 Å². The summed E-state index contributed by atoms with van der Waals surface area (Å²) in [6, 6.07) is 28.3. The second-order valence-electron chi connectivity index (χ2n) is 8.44. The van der Waals surface area contributed by atoms with Crippen LogP contribution in [-0.4, -0.2) is 30.6 Å². The Kier molecular flexibility index (Phi) is 9.68. The van der Waals surface area contributed by atoms with Gasteiger partial charge in [-0.2, -0.15) is 0 Å². The predicted octanol–water partition coefficient (Wildman–Crippen LogP) is 5.97. The lowest BCUT2D eigenvalue weighted by molar-refractivity contribution is -0.114. The van der Waals surface area contributed by atoms with Crippen LogP contribution in [0.3, 0.4) is 0 Å². The van der Waals surface area contributed by atoms with Crippen molar-refractivity contribution in [3.8, 4) is 5.75 Å². The van der Waals surface area contributed by atoms with Crippen molar-refractivity contribution in [3.63, 3.8) is 0 Å². The van der Waals surface area contributed by atoms with E-state index in [2.05, 4.69) is 16.0 Å². The molecule has 0 fully saturated rings. The maximum atomic E-state index is 13.3. The third-order valence-electron chi connectivity index (χ3n) is 5.58. The van der Waals surface area contributed by atoms with Crippen LogP contribution in [0.4, 0.5) is 15.8 Å². The molecule has 202 valence electrons. The number of amides is 3. The van der Waals surface area contributed by atoms with Gasteiger partial charge in [0.05, 0.1) is 12.9 Å². The summed E-state index contributed by atoms with van der Waals surface area (Å²) >= 11 is 1.32. The lowest BCUT2D eigenvalue weighted by atomic mass is 10.1. The van der Waals surface area contributed by atoms with Gasteiger partial charge in [-0.05, 0) is 72.8 Å². The number of carbonyl (C=O) groups excluding carboxylic acids is 3. The number of carbonyl (C=O) groups is 3. The van der Waals surface area contributed by atoms with Gasteiger partial charge in [0.2, 0.25) is 5.91 Å². The average Bonchev–Trinajstić information content (AvgIpc) is 2.98. The Balaban J connectivity index is 1.42. The number of halogens is 1. The summed E-state index contributed by atoms with van der Waals surface area (Å²) in [7, 11) is 1.53. The Bertz CT molecular complexity index is 1510. The quantitative estimate of drug-likeness (QED) is 0.165. The van der Waals surface area contributed by atoms with E-state index in [-0.39, 0.29) is 23.2 Å². The van der Waals surface area contributed by atoms with Crippen molar-refractivity contribution >= 4 is 46.9 Å². The fourth-order valence-corrected chi connectivity index (χ4v) is 4.29. The number of rotatable bonds is 10. The van der Waals surface area contributed by atoms with Crippen LogP contribution in [0.15, 0.2) is 114 Å². The van der Waals surface area contributed by atoms with Gasteiger partial charge in [-0.15, -0.1) is 11.8 Å². The number of nitrogens with one attached hydrogen (secondary N) is 3. The van der Waals surface area contributed by atoms with Crippen LogP contribution in [-0.2, 0) is 9.59 Å². The molecule has 9 heteroatoms. The molecule has 0 aliphatic heterocycles. The van der Waals surface area contributed by atoms with Crippen molar-refractivity contribution in [2.75, 3.05) is 23.5 Å². The second kappa shape index (κ2) is 13.8. The molecule has 3 amide bonds. The van der Waals surface area contributed by atoms with Crippen molar-refractivity contribution in [2.45, 2.75) is 4.90 Å². The zero-order chi connectivity index (χ0) is 28.3. The molecule has 0 spiro atoms. The van der Waals surface area contributed by atoms with Crippen molar-refractivity contribution in [1.82, 2.24) is 5.32 Å². The molecule has 0 saturated heterocycles. The molecule has 7 nitrogen and oxygen atoms in total. The van der Waals surface area contributed by atoms with Gasteiger partial charge >= 0.3 is 0 Å². The predicted molar refractivity (Wildman–Crippen MR) is 156 cm³/mol. The molecule has 0 aliphatic rings. The fraction of sp³-hybridized carbons (Fsp3) is 0.0645. The molecule has 4 aromatic carbocycles. The summed E-state index contributed by atoms with van der Waals surface area (Å²) in [6.07, 6.45) is 1.55. The van der Waals surface area contributed by atoms with Crippen molar-refractivity contribution < 1.29 is 23.5 Å². The Hall–Kier alpha value is -4.89. The summed E-state index contributed by atoms with van der Waals surface area (Å²) in [4.78, 5) is 39.1. The van der Waals surface area contributed by atoms with Crippen LogP contribution < -0.4 is 20.7 Å². The Morgan fingerprint density at radius 1 is 0.800 bits per heavy atom. The zero-order valence-electron chi connectivity index (χ0n) is 21.5. The average molecular weight is 556 g/mol. The summed E-state index contributed by atoms with van der Waals surface area (Å²) in [5, 5.41) is 8.22. The van der Waals surface area contributed by atoms with Crippen LogP contribution in [0.25, 0.3) is 6.08 Å². The lowest BCUT2D eigenvalue weighted by Gasteiger charge is -2.13. The summed E-state index contributed by atoms with van der Waals surface area (Å²) in [5.41, 5.74) is 2.08. The van der Waals surface area contributed by atoms with Gasteiger partial charge in [-0.1, -0.05) is 36.4 Å². The second-order valence-corrected chi connectivity index (χ2v) is 9.49. The highest BCUT2D eigenvalue weighted by atomic mass is 32.2. The molecule has 0 atom stereocenters. The van der Waals surface area contributed by atoms with Gasteiger partial charge in [0.25, 0.3) is 11.8 Å². The van der Waals surface area contributed by atoms with Crippen LogP contribution in [0, 0.1) is 5.82 Å². The van der Waals surface area contributed by atoms with E-state index in [1.807, 2.05) is 6.07 Å². The molecule has 0 radical (unpaired) electrons. The van der Waals surface area contributed by atoms with Gasteiger partial charge in [-0.25, -0.2) is 4.39 Å². The standard InChI is InChI=1S/C31H26FN3O4S/c1-39-28-10-6-5-9-22(28)19-27(35-30(37)21-7-3-2-4-8-21)31(38)34-25-15-17-26(18-16-25)40-20-29(36)33-24-13-11-23(32)12-14-24/h2-19H,20H2,1H3,(H,33,36)(H,34,38)(H,35,37)/b27-19-. The molecule has 0 bridgehead atoms. The van der Waals surface area contributed by atoms with Gasteiger partial charge in [0, 0.05) is 27.4 Å². The third kappa shape index (κ3) is 8.05. The molecule has 0 aliphatic carbocycles. The minimum absolute atomic E-state index is 0.0364. The SMILES string of the molecule is COc1ccccc1/C=C(\NC(=O)c1ccccc1)C(=O)Nc1ccc(SCC(=O)Nc2ccc(F)cc2)cc1. The van der Waals surface area contributed by atoms with Crippen LogP contribution >= 0.6 is 11.8 Å². The first kappa shape index (κ1) is 28.1. The molecule has 0 saturated carbocycles. The monoisotopic (exact) mass is 555 g/mol. The number of hydrogen-bond donors (Lipinski definition) is 3. The zero-order valence-corrected chi connectivity index (χ0v) is 22.3. The lowest BCUT2D eigenvalue weighted by Crippen LogP contribution is -2.30. The number of thioether (sulfide) groups is 1. The number of benzene rings is 4. The summed E-state index contributed by atoms with van der Waals surface area (Å²) in [6.45, 7) is 0. The molecule has 3 N–H and O–H groups in total. The Morgan fingerprint density at radius 2 is 1.43 bits per heavy atom.